The number of nitrogens with zero attached hydrogens (tertiary/aromatic N) is 1. The van der Waals surface area contributed by atoms with Crippen molar-refractivity contribution in [1.82, 2.24) is 4.90 Å². The first-order chi connectivity index (χ1) is 7.77. The first-order valence-corrected chi connectivity index (χ1v) is 6.10. The third-order valence-electron chi connectivity index (χ3n) is 3.18. The van der Waals surface area contributed by atoms with Crippen LogP contribution in [0.4, 0.5) is 5.69 Å². The summed E-state index contributed by atoms with van der Waals surface area (Å²) in [7, 11) is 0. The minimum atomic E-state index is 1.14. The van der Waals surface area contributed by atoms with E-state index in [9.17, 15) is 0 Å². The average molecular weight is 216 g/mol. The van der Waals surface area contributed by atoms with Gasteiger partial charge < -0.3 is 5.32 Å². The van der Waals surface area contributed by atoms with Crippen LogP contribution in [-0.4, -0.2) is 18.0 Å². The number of rotatable bonds is 3. The maximum absolute atomic E-state index is 3.33. The number of benzene rings is 1. The number of nitrogens with one attached hydrogen (secondary N) is 1. The van der Waals surface area contributed by atoms with Crippen LogP contribution in [0, 0.1) is 20.5 Å². The second-order valence-electron chi connectivity index (χ2n) is 4.55. The lowest BCUT2D eigenvalue weighted by Crippen LogP contribution is -2.30. The molecular weight excluding hydrogens is 196 g/mol. The molecule has 1 aromatic carbocycles. The molecule has 86 valence electrons. The van der Waals surface area contributed by atoms with Crippen LogP contribution in [0.15, 0.2) is 18.2 Å². The van der Waals surface area contributed by atoms with Crippen molar-refractivity contribution in [2.45, 2.75) is 33.1 Å². The topological polar surface area (TPSA) is 15.3 Å². The first kappa shape index (κ1) is 11.5. The van der Waals surface area contributed by atoms with Gasteiger partial charge in [0.2, 0.25) is 0 Å². The number of hydrogen-bond donors (Lipinski definition) is 1. The number of likely N-dealkylation sites (tertiary alicyclic amines) is 1. The molecule has 0 atom stereocenters. The van der Waals surface area contributed by atoms with Gasteiger partial charge in [-0.1, -0.05) is 24.6 Å². The third kappa shape index (κ3) is 2.76. The largest absolute Gasteiger partial charge is 0.360 e. The van der Waals surface area contributed by atoms with Crippen molar-refractivity contribution in [1.29, 1.82) is 0 Å². The van der Waals surface area contributed by atoms with Crippen LogP contribution in [0.3, 0.4) is 0 Å². The van der Waals surface area contributed by atoms with Crippen LogP contribution < -0.4 is 5.32 Å². The zero-order valence-electron chi connectivity index (χ0n) is 10.2. The minimum absolute atomic E-state index is 1.14. The molecule has 0 aromatic heterocycles. The summed E-state index contributed by atoms with van der Waals surface area (Å²) in [5.74, 6) is 0. The van der Waals surface area contributed by atoms with E-state index < -0.39 is 0 Å². The highest BCUT2D eigenvalue weighted by atomic mass is 15.2. The van der Waals surface area contributed by atoms with E-state index in [-0.39, 0.29) is 0 Å². The summed E-state index contributed by atoms with van der Waals surface area (Å²) in [6.07, 6.45) is 3.95. The van der Waals surface area contributed by atoms with Crippen LogP contribution in [0.1, 0.15) is 30.4 Å². The van der Waals surface area contributed by atoms with Crippen LogP contribution in [0.2, 0.25) is 0 Å². The Balaban J connectivity index is 1.93. The van der Waals surface area contributed by atoms with E-state index in [0.29, 0.717) is 0 Å². The van der Waals surface area contributed by atoms with Crippen molar-refractivity contribution in [3.05, 3.63) is 36.0 Å². The van der Waals surface area contributed by atoms with Crippen LogP contribution in [-0.2, 0) is 0 Å². The van der Waals surface area contributed by atoms with Gasteiger partial charge in [0.1, 0.15) is 0 Å². The van der Waals surface area contributed by atoms with E-state index in [1.165, 1.54) is 36.1 Å². The Bertz CT molecular complexity index is 320. The maximum atomic E-state index is 3.33. The maximum Gasteiger partial charge on any atom is 0.174 e. The lowest BCUT2D eigenvalue weighted by molar-refractivity contribution is 0.282. The van der Waals surface area contributed by atoms with Crippen molar-refractivity contribution in [2.24, 2.45) is 0 Å². The molecule has 1 aliphatic heterocycles. The van der Waals surface area contributed by atoms with Crippen molar-refractivity contribution >= 4 is 5.69 Å². The van der Waals surface area contributed by atoms with Gasteiger partial charge in [0, 0.05) is 18.8 Å². The van der Waals surface area contributed by atoms with E-state index in [1.807, 2.05) is 0 Å². The summed E-state index contributed by atoms with van der Waals surface area (Å²) in [5.41, 5.74) is 3.77. The molecule has 1 fully saturated rings. The Morgan fingerprint density at radius 2 is 1.69 bits per heavy atom. The number of aryl methyl sites for hydroxylation is 2. The molecule has 1 aromatic rings. The predicted octanol–water partition coefficient (Wildman–Crippen LogP) is 3.20. The fourth-order valence-electron chi connectivity index (χ4n) is 2.15. The summed E-state index contributed by atoms with van der Waals surface area (Å²) in [6.45, 7) is 9.84. The number of piperidine rings is 1. The lowest BCUT2D eigenvalue weighted by Gasteiger charge is -2.26. The van der Waals surface area contributed by atoms with Crippen LogP contribution in [0.5, 0.6) is 0 Å². The monoisotopic (exact) mass is 216 g/mol. The van der Waals surface area contributed by atoms with Gasteiger partial charge in [0.15, 0.2) is 6.67 Å². The lowest BCUT2D eigenvalue weighted by atomic mass is 10.1. The molecule has 0 unspecified atom stereocenters. The van der Waals surface area contributed by atoms with Gasteiger partial charge >= 0.3 is 0 Å². The molecule has 0 aliphatic carbocycles. The highest BCUT2D eigenvalue weighted by Crippen LogP contribution is 2.20. The Morgan fingerprint density at radius 1 is 1.06 bits per heavy atom. The van der Waals surface area contributed by atoms with E-state index >= 15 is 0 Å². The van der Waals surface area contributed by atoms with E-state index in [1.54, 1.807) is 0 Å². The summed E-state index contributed by atoms with van der Waals surface area (Å²) < 4.78 is 0. The number of para-hydroxylation sites is 1. The predicted molar refractivity (Wildman–Crippen MR) is 68.2 cm³/mol. The summed E-state index contributed by atoms with van der Waals surface area (Å²) in [6, 6.07) is 6.36. The Kier molecular flexibility index (Phi) is 3.83. The molecule has 2 radical (unpaired) electrons. The Hall–Kier alpha value is -1.02. The molecule has 16 heavy (non-hydrogen) atoms. The quantitative estimate of drug-likeness (QED) is 0.781. The van der Waals surface area contributed by atoms with Gasteiger partial charge in [0.25, 0.3) is 0 Å². The van der Waals surface area contributed by atoms with E-state index in [0.717, 1.165) is 13.1 Å². The van der Waals surface area contributed by atoms with Crippen LogP contribution in [0.25, 0.3) is 0 Å². The van der Waals surface area contributed by atoms with Gasteiger partial charge in [-0.2, -0.15) is 0 Å². The molecule has 1 heterocycles. The zero-order chi connectivity index (χ0) is 11.4. The van der Waals surface area contributed by atoms with E-state index in [4.69, 9.17) is 0 Å². The molecule has 0 bridgehead atoms. The van der Waals surface area contributed by atoms with Crippen molar-refractivity contribution < 1.29 is 0 Å². The molecule has 2 nitrogen and oxygen atoms in total. The van der Waals surface area contributed by atoms with Gasteiger partial charge in [-0.3, -0.25) is 4.90 Å². The molecule has 0 amide bonds. The molecule has 1 N–H and O–H groups in total. The number of anilines is 1. The molecule has 0 saturated carbocycles. The highest BCUT2D eigenvalue weighted by Gasteiger charge is 2.11. The van der Waals surface area contributed by atoms with Gasteiger partial charge in [-0.05, 0) is 37.8 Å². The summed E-state index contributed by atoms with van der Waals surface area (Å²) >= 11 is 0. The van der Waals surface area contributed by atoms with Crippen LogP contribution >= 0.6 is 0 Å². The smallest absolute Gasteiger partial charge is 0.174 e. The Morgan fingerprint density at radius 3 is 2.31 bits per heavy atom. The van der Waals surface area contributed by atoms with E-state index in [2.05, 4.69) is 48.9 Å². The second-order valence-corrected chi connectivity index (χ2v) is 4.55. The average Bonchev–Trinajstić information content (AvgIpc) is 2.30. The molecule has 2 rings (SSSR count). The molecule has 1 aliphatic rings. The molecule has 2 heteroatoms. The first-order valence-electron chi connectivity index (χ1n) is 6.10. The standard InChI is InChI=1S/C14H20N2/c1-12-7-6-8-13(2)14(12)15-11-16-9-4-3-5-10-16/h6-8,15H,3-5,9-10H2,1-2H3. The van der Waals surface area contributed by atoms with Gasteiger partial charge in [-0.15, -0.1) is 0 Å². The summed E-state index contributed by atoms with van der Waals surface area (Å²) in [5, 5.41) is 3.33. The molecular formula is C14H20N2. The molecule has 0 spiro atoms. The van der Waals surface area contributed by atoms with Gasteiger partial charge in [-0.25, -0.2) is 0 Å². The van der Waals surface area contributed by atoms with Gasteiger partial charge in [0.05, 0.1) is 0 Å². The zero-order valence-corrected chi connectivity index (χ0v) is 10.2. The third-order valence-corrected chi connectivity index (χ3v) is 3.18. The second kappa shape index (κ2) is 5.35. The van der Waals surface area contributed by atoms with Crippen molar-refractivity contribution in [3.8, 4) is 0 Å². The SMILES string of the molecule is Cc1cccc(C)c1N[C]N1CCCCC1. The number of hydrogen-bond acceptors (Lipinski definition) is 2. The highest BCUT2D eigenvalue weighted by molar-refractivity contribution is 5.57. The summed E-state index contributed by atoms with van der Waals surface area (Å²) in [4.78, 5) is 2.26. The van der Waals surface area contributed by atoms with Crippen molar-refractivity contribution in [3.63, 3.8) is 0 Å². The molecule has 1 saturated heterocycles. The van der Waals surface area contributed by atoms with Crippen molar-refractivity contribution in [2.75, 3.05) is 18.4 Å². The Labute approximate surface area is 98.7 Å². The normalized spacial score (nSPS) is 17.4. The fourth-order valence-corrected chi connectivity index (χ4v) is 2.15. The fraction of sp³-hybridized carbons (Fsp3) is 0.500. The minimum Gasteiger partial charge on any atom is -0.360 e.